The van der Waals surface area contributed by atoms with Gasteiger partial charge in [-0.1, -0.05) is 18.5 Å². The highest BCUT2D eigenvalue weighted by molar-refractivity contribution is 7.15. The van der Waals surface area contributed by atoms with Gasteiger partial charge in [0.05, 0.1) is 22.0 Å². The molecule has 10 heteroatoms. The monoisotopic (exact) mass is 416 g/mol. The lowest BCUT2D eigenvalue weighted by molar-refractivity contribution is -0.121. The second-order valence-electron chi connectivity index (χ2n) is 6.24. The van der Waals surface area contributed by atoms with Crippen LogP contribution in [0.25, 0.3) is 11.4 Å². The Bertz CT molecular complexity index is 1050. The van der Waals surface area contributed by atoms with Crippen molar-refractivity contribution in [1.29, 1.82) is 0 Å². The van der Waals surface area contributed by atoms with Crippen LogP contribution in [0.4, 0.5) is 10.7 Å². The van der Waals surface area contributed by atoms with Gasteiger partial charge < -0.3 is 10.2 Å². The normalized spacial score (nSPS) is 13.5. The van der Waals surface area contributed by atoms with E-state index in [9.17, 15) is 9.59 Å². The van der Waals surface area contributed by atoms with E-state index in [1.165, 1.54) is 16.2 Å². The molecule has 8 nitrogen and oxygen atoms in total. The molecule has 0 fully saturated rings. The lowest BCUT2D eigenvalue weighted by Gasteiger charge is -2.27. The smallest absolute Gasteiger partial charge is 0.245 e. The maximum atomic E-state index is 12.7. The summed E-state index contributed by atoms with van der Waals surface area (Å²) in [6.45, 7) is 1.86. The summed E-state index contributed by atoms with van der Waals surface area (Å²) in [4.78, 5) is 35.2. The number of halogens is 1. The molecule has 0 aliphatic carbocycles. The Morgan fingerprint density at radius 2 is 2.29 bits per heavy atom. The van der Waals surface area contributed by atoms with Gasteiger partial charge in [0.2, 0.25) is 11.8 Å². The number of carbonyl (C=O) groups excluding carboxylic acids is 2. The van der Waals surface area contributed by atoms with Gasteiger partial charge in [-0.05, 0) is 12.1 Å². The summed E-state index contributed by atoms with van der Waals surface area (Å²) in [6, 6.07) is 3.57. The number of aryl methyl sites for hydroxylation is 2. The molecule has 28 heavy (non-hydrogen) atoms. The highest BCUT2D eigenvalue weighted by Crippen LogP contribution is 2.38. The third-order valence-corrected chi connectivity index (χ3v) is 5.74. The first-order chi connectivity index (χ1) is 13.6. The van der Waals surface area contributed by atoms with Gasteiger partial charge in [-0.2, -0.15) is 5.10 Å². The van der Waals surface area contributed by atoms with E-state index < -0.39 is 0 Å². The number of rotatable bonds is 5. The van der Waals surface area contributed by atoms with Crippen LogP contribution in [0.5, 0.6) is 0 Å². The minimum Gasteiger partial charge on any atom is -0.315 e. The van der Waals surface area contributed by atoms with Gasteiger partial charge in [0.15, 0.2) is 11.6 Å². The van der Waals surface area contributed by atoms with Crippen molar-refractivity contribution < 1.29 is 9.59 Å². The van der Waals surface area contributed by atoms with E-state index >= 15 is 0 Å². The van der Waals surface area contributed by atoms with E-state index in [1.807, 2.05) is 6.92 Å². The second kappa shape index (κ2) is 7.69. The Labute approximate surface area is 170 Å². The van der Waals surface area contributed by atoms with Gasteiger partial charge >= 0.3 is 0 Å². The van der Waals surface area contributed by atoms with Gasteiger partial charge in [-0.3, -0.25) is 19.7 Å². The maximum absolute atomic E-state index is 12.7. The van der Waals surface area contributed by atoms with E-state index in [0.717, 1.165) is 5.69 Å². The zero-order chi connectivity index (χ0) is 19.7. The van der Waals surface area contributed by atoms with E-state index in [1.54, 1.807) is 23.7 Å². The number of H-pyrrole nitrogens is 1. The Morgan fingerprint density at radius 1 is 1.43 bits per heavy atom. The standard InChI is InChI=1S/C18H17ClN6O2S/c1-2-13-21-17(24-23-13)16-10(19)9-28-18(16)22-14(26)8-25-12-4-3-7-20-11(12)5-6-15(25)27/h3-4,7,9H,2,5-6,8H2,1H3,(H,22,26)(H,21,23,24). The summed E-state index contributed by atoms with van der Waals surface area (Å²) >= 11 is 7.59. The molecule has 2 amide bonds. The number of amides is 2. The van der Waals surface area contributed by atoms with Crippen molar-refractivity contribution in [3.05, 3.63) is 40.3 Å². The van der Waals surface area contributed by atoms with Gasteiger partial charge in [0, 0.05) is 30.8 Å². The van der Waals surface area contributed by atoms with Gasteiger partial charge in [-0.15, -0.1) is 11.3 Å². The average Bonchev–Trinajstić information content (AvgIpc) is 3.30. The van der Waals surface area contributed by atoms with Crippen LogP contribution in [0.3, 0.4) is 0 Å². The van der Waals surface area contributed by atoms with Crippen LogP contribution in [0.2, 0.25) is 5.02 Å². The van der Waals surface area contributed by atoms with Crippen molar-refractivity contribution in [2.45, 2.75) is 26.2 Å². The summed E-state index contributed by atoms with van der Waals surface area (Å²) in [5.41, 5.74) is 2.10. The molecule has 4 heterocycles. The van der Waals surface area contributed by atoms with Crippen molar-refractivity contribution in [2.75, 3.05) is 16.8 Å². The molecule has 144 valence electrons. The van der Waals surface area contributed by atoms with Gasteiger partial charge in [-0.25, -0.2) is 4.98 Å². The van der Waals surface area contributed by atoms with E-state index in [2.05, 4.69) is 25.5 Å². The number of carbonyl (C=O) groups is 2. The van der Waals surface area contributed by atoms with Crippen LogP contribution in [0.15, 0.2) is 23.7 Å². The minimum absolute atomic E-state index is 0.0941. The molecular weight excluding hydrogens is 400 g/mol. The molecule has 3 aromatic heterocycles. The molecule has 0 saturated heterocycles. The fraction of sp³-hybridized carbons (Fsp3) is 0.278. The van der Waals surface area contributed by atoms with Crippen LogP contribution in [-0.4, -0.2) is 38.5 Å². The van der Waals surface area contributed by atoms with E-state index in [-0.39, 0.29) is 18.4 Å². The minimum atomic E-state index is -0.319. The van der Waals surface area contributed by atoms with Crippen LogP contribution >= 0.6 is 22.9 Å². The van der Waals surface area contributed by atoms with Crippen molar-refractivity contribution in [1.82, 2.24) is 20.2 Å². The van der Waals surface area contributed by atoms with Crippen LogP contribution in [-0.2, 0) is 22.4 Å². The average molecular weight is 417 g/mol. The molecule has 0 spiro atoms. The highest BCUT2D eigenvalue weighted by atomic mass is 35.5. The molecular formula is C18H17ClN6O2S. The summed E-state index contributed by atoms with van der Waals surface area (Å²) in [5, 5.41) is 12.6. The quantitative estimate of drug-likeness (QED) is 0.665. The molecule has 0 atom stereocenters. The molecule has 3 aromatic rings. The van der Waals surface area contributed by atoms with E-state index in [0.29, 0.717) is 52.2 Å². The van der Waals surface area contributed by atoms with Crippen LogP contribution in [0.1, 0.15) is 24.9 Å². The number of hydrogen-bond donors (Lipinski definition) is 2. The number of aromatic nitrogens is 4. The number of nitrogens with one attached hydrogen (secondary N) is 2. The zero-order valence-corrected chi connectivity index (χ0v) is 16.6. The molecule has 2 N–H and O–H groups in total. The molecule has 0 radical (unpaired) electrons. The lowest BCUT2D eigenvalue weighted by atomic mass is 10.1. The van der Waals surface area contributed by atoms with E-state index in [4.69, 9.17) is 11.6 Å². The first kappa shape index (κ1) is 18.6. The second-order valence-corrected chi connectivity index (χ2v) is 7.53. The van der Waals surface area contributed by atoms with Crippen LogP contribution < -0.4 is 10.2 Å². The number of aromatic amines is 1. The number of pyridine rings is 1. The summed E-state index contributed by atoms with van der Waals surface area (Å²) in [5.74, 6) is 0.752. The fourth-order valence-electron chi connectivity index (χ4n) is 3.06. The zero-order valence-electron chi connectivity index (χ0n) is 15.0. The molecule has 0 saturated carbocycles. The number of thiophene rings is 1. The molecule has 0 unspecified atom stereocenters. The Morgan fingerprint density at radius 3 is 3.07 bits per heavy atom. The summed E-state index contributed by atoms with van der Waals surface area (Å²) in [6.07, 6.45) is 3.30. The Kier molecular flexibility index (Phi) is 5.10. The summed E-state index contributed by atoms with van der Waals surface area (Å²) in [7, 11) is 0. The van der Waals surface area contributed by atoms with Gasteiger partial charge in [0.25, 0.3) is 0 Å². The first-order valence-corrected chi connectivity index (χ1v) is 10.0. The number of fused-ring (bicyclic) bond motifs is 1. The Hall–Kier alpha value is -2.78. The third-order valence-electron chi connectivity index (χ3n) is 4.42. The summed E-state index contributed by atoms with van der Waals surface area (Å²) < 4.78 is 0. The van der Waals surface area contributed by atoms with Crippen molar-refractivity contribution in [3.8, 4) is 11.4 Å². The molecule has 0 bridgehead atoms. The fourth-order valence-corrected chi connectivity index (χ4v) is 4.27. The maximum Gasteiger partial charge on any atom is 0.245 e. The lowest BCUT2D eigenvalue weighted by Crippen LogP contribution is -2.41. The molecule has 4 rings (SSSR count). The van der Waals surface area contributed by atoms with Crippen molar-refractivity contribution >= 4 is 45.4 Å². The largest absolute Gasteiger partial charge is 0.315 e. The van der Waals surface area contributed by atoms with Crippen molar-refractivity contribution in [2.24, 2.45) is 0 Å². The first-order valence-electron chi connectivity index (χ1n) is 8.79. The number of nitrogens with zero attached hydrogens (tertiary/aromatic N) is 4. The molecule has 0 aromatic carbocycles. The number of anilines is 2. The highest BCUT2D eigenvalue weighted by Gasteiger charge is 2.27. The predicted molar refractivity (Wildman–Crippen MR) is 108 cm³/mol. The molecule has 1 aliphatic heterocycles. The Balaban J connectivity index is 1.55. The SMILES string of the molecule is CCc1n[nH]c(-c2c(Cl)csc2NC(=O)CN2C(=O)CCc3ncccc32)n1. The topological polar surface area (TPSA) is 104 Å². The van der Waals surface area contributed by atoms with Gasteiger partial charge in [0.1, 0.15) is 11.5 Å². The third kappa shape index (κ3) is 3.50. The predicted octanol–water partition coefficient (Wildman–Crippen LogP) is 3.06. The van der Waals surface area contributed by atoms with Crippen molar-refractivity contribution in [3.63, 3.8) is 0 Å². The molecule has 1 aliphatic rings. The van der Waals surface area contributed by atoms with Crippen LogP contribution in [0, 0.1) is 0 Å². The number of hydrogen-bond acceptors (Lipinski definition) is 6.